The monoisotopic (exact) mass is 502 g/mol. The number of carbonyl (C=O) groups excluding carboxylic acids is 2. The van der Waals surface area contributed by atoms with Crippen LogP contribution in [0.15, 0.2) is 29.5 Å². The third-order valence-corrected chi connectivity index (χ3v) is 4.26. The lowest BCUT2D eigenvalue weighted by molar-refractivity contribution is -0.861. The first-order valence-corrected chi connectivity index (χ1v) is 9.65. The van der Waals surface area contributed by atoms with Crippen LogP contribution in [0.1, 0.15) is 22.6 Å². The molecule has 0 atom stereocenters. The molecular formula is C20H32Cl2N8O3. The van der Waals surface area contributed by atoms with E-state index in [0.717, 1.165) is 0 Å². The van der Waals surface area contributed by atoms with Gasteiger partial charge in [0.25, 0.3) is 11.8 Å². The number of aliphatic imine (C=N–C) groups is 1. The maximum atomic E-state index is 12.7. The van der Waals surface area contributed by atoms with Gasteiger partial charge in [0, 0.05) is 45.4 Å². The molecule has 2 amide bonds. The van der Waals surface area contributed by atoms with Crippen LogP contribution in [-0.4, -0.2) is 71.4 Å². The minimum Gasteiger partial charge on any atom is -0.857 e. The lowest BCUT2D eigenvalue weighted by atomic mass is 10.3. The third kappa shape index (κ3) is 9.16. The fourth-order valence-corrected chi connectivity index (χ4v) is 2.89. The molecule has 0 aliphatic heterocycles. The summed E-state index contributed by atoms with van der Waals surface area (Å²) in [5.74, 6) is -1.02. The van der Waals surface area contributed by atoms with Crippen LogP contribution in [0.3, 0.4) is 0 Å². The van der Waals surface area contributed by atoms with Gasteiger partial charge in [-0.2, -0.15) is 0 Å². The van der Waals surface area contributed by atoms with Crippen molar-refractivity contribution in [2.24, 2.45) is 24.8 Å². The van der Waals surface area contributed by atoms with Crippen molar-refractivity contribution in [2.75, 3.05) is 44.9 Å². The van der Waals surface area contributed by atoms with Gasteiger partial charge < -0.3 is 35.1 Å². The number of aromatic nitrogens is 2. The van der Waals surface area contributed by atoms with E-state index < -0.39 is 5.90 Å². The Kier molecular flexibility index (Phi) is 11.2. The van der Waals surface area contributed by atoms with Gasteiger partial charge in [0.15, 0.2) is 6.54 Å². The molecule has 0 aromatic carbocycles. The Morgan fingerprint density at radius 1 is 1.06 bits per heavy atom. The molecule has 0 aliphatic carbocycles. The van der Waals surface area contributed by atoms with Gasteiger partial charge in [-0.15, -0.1) is 24.8 Å². The molecule has 0 radical (unpaired) electrons. The van der Waals surface area contributed by atoms with E-state index in [1.54, 1.807) is 41.7 Å². The Morgan fingerprint density at radius 3 is 2.12 bits per heavy atom. The van der Waals surface area contributed by atoms with Gasteiger partial charge in [0.1, 0.15) is 5.69 Å². The number of quaternary nitrogens is 1. The summed E-state index contributed by atoms with van der Waals surface area (Å²) < 4.78 is 3.67. The van der Waals surface area contributed by atoms with Crippen molar-refractivity contribution in [1.82, 2.24) is 9.13 Å². The number of nitrogens with one attached hydrogen (secondary N) is 3. The van der Waals surface area contributed by atoms with Gasteiger partial charge in [0.05, 0.1) is 44.0 Å². The van der Waals surface area contributed by atoms with Crippen LogP contribution in [0.2, 0.25) is 0 Å². The number of nitrogens with zero attached hydrogens (tertiary/aromatic N) is 4. The average molecular weight is 503 g/mol. The summed E-state index contributed by atoms with van der Waals surface area (Å²) in [4.78, 5) is 28.7. The highest BCUT2D eigenvalue weighted by molar-refractivity contribution is 6.05. The van der Waals surface area contributed by atoms with E-state index in [-0.39, 0.29) is 55.4 Å². The summed E-state index contributed by atoms with van der Waals surface area (Å²) in [6.45, 7) is 0.432. The molecule has 0 saturated heterocycles. The molecule has 0 unspecified atom stereocenters. The number of halogens is 2. The van der Waals surface area contributed by atoms with Crippen molar-refractivity contribution in [3.8, 4) is 0 Å². The Morgan fingerprint density at radius 2 is 1.58 bits per heavy atom. The van der Waals surface area contributed by atoms with E-state index in [9.17, 15) is 14.7 Å². The molecule has 0 bridgehead atoms. The Labute approximate surface area is 205 Å². The number of likely N-dealkylation sites (N-methyl/N-ethyl adjacent to an activating group) is 1. The van der Waals surface area contributed by atoms with Gasteiger partial charge in [-0.05, 0) is 12.1 Å². The number of amidine groups is 1. The van der Waals surface area contributed by atoms with E-state index in [2.05, 4.69) is 15.6 Å². The number of carbonyl (C=O) groups is 2. The smallest absolute Gasteiger partial charge is 0.279 e. The zero-order chi connectivity index (χ0) is 23.3. The third-order valence-electron chi connectivity index (χ3n) is 4.26. The predicted octanol–water partition coefficient (Wildman–Crippen LogP) is 0.537. The highest BCUT2D eigenvalue weighted by Gasteiger charge is 2.18. The summed E-state index contributed by atoms with van der Waals surface area (Å²) >= 11 is 0. The first-order chi connectivity index (χ1) is 14.4. The number of anilines is 2. The van der Waals surface area contributed by atoms with Crippen LogP contribution in [0.4, 0.5) is 11.4 Å². The summed E-state index contributed by atoms with van der Waals surface area (Å²) in [6.07, 6.45) is 3.48. The van der Waals surface area contributed by atoms with Gasteiger partial charge in [0.2, 0.25) is 0 Å². The normalized spacial score (nSPS) is 11.2. The minimum absolute atomic E-state index is 0. The summed E-state index contributed by atoms with van der Waals surface area (Å²) in [7, 11) is 9.13. The van der Waals surface area contributed by atoms with E-state index in [1.165, 1.54) is 6.07 Å². The second kappa shape index (κ2) is 12.3. The zero-order valence-corrected chi connectivity index (χ0v) is 21.0. The standard InChI is InChI=1S/C20H30N8O3.2ClH/c1-26-11-14(9-15(26)19(30)23-7-6-17(21)22)25-20(31)16-8-13(10-27(16)2)24-18(29)12-28(3,4)5;;/h8-11H,6-7,12H2,1-5H3,(H5-,21,22,23,24,25,29,30,31);2*1H. The molecule has 0 saturated carbocycles. The van der Waals surface area contributed by atoms with Crippen molar-refractivity contribution in [2.45, 2.75) is 6.42 Å². The van der Waals surface area contributed by atoms with E-state index in [0.29, 0.717) is 33.8 Å². The quantitative estimate of drug-likeness (QED) is 0.224. The van der Waals surface area contributed by atoms with Crippen LogP contribution in [0, 0.1) is 5.41 Å². The molecular weight excluding hydrogens is 471 g/mol. The molecule has 0 fully saturated rings. The van der Waals surface area contributed by atoms with Gasteiger partial charge >= 0.3 is 0 Å². The topological polar surface area (TPSA) is 153 Å². The Balaban J connectivity index is 0.00000512. The number of rotatable bonds is 9. The van der Waals surface area contributed by atoms with Crippen molar-refractivity contribution in [1.29, 1.82) is 5.41 Å². The maximum absolute atomic E-state index is 12.7. The molecule has 13 heteroatoms. The number of aryl methyl sites for hydroxylation is 2. The average Bonchev–Trinajstić information content (AvgIpc) is 3.14. The van der Waals surface area contributed by atoms with Crippen LogP contribution in [-0.2, 0) is 18.9 Å². The van der Waals surface area contributed by atoms with Gasteiger partial charge in [-0.3, -0.25) is 20.0 Å². The minimum atomic E-state index is -0.453. The SMILES string of the molecule is Cl.Cl.Cn1cc(NC(=O)C[N+](C)(C)C)cc1C(=O)Nc1cc(C([O-])=NCCC(=N)N)n(C)c1. The second-order valence-corrected chi connectivity index (χ2v) is 8.36. The highest BCUT2D eigenvalue weighted by Crippen LogP contribution is 2.17. The fourth-order valence-electron chi connectivity index (χ4n) is 2.89. The first-order valence-electron chi connectivity index (χ1n) is 9.65. The van der Waals surface area contributed by atoms with E-state index in [1.807, 2.05) is 21.1 Å². The summed E-state index contributed by atoms with van der Waals surface area (Å²) in [5, 5.41) is 24.9. The molecule has 33 heavy (non-hydrogen) atoms. The number of amides is 2. The fraction of sp³-hybridized carbons (Fsp3) is 0.400. The lowest BCUT2D eigenvalue weighted by Crippen LogP contribution is -2.41. The highest BCUT2D eigenvalue weighted by atomic mass is 35.5. The number of nitrogens with two attached hydrogens (primary N) is 1. The van der Waals surface area contributed by atoms with Crippen LogP contribution in [0.5, 0.6) is 0 Å². The molecule has 5 N–H and O–H groups in total. The Bertz CT molecular complexity index is 1020. The predicted molar refractivity (Wildman–Crippen MR) is 133 cm³/mol. The van der Waals surface area contributed by atoms with Crippen molar-refractivity contribution in [3.63, 3.8) is 0 Å². The van der Waals surface area contributed by atoms with E-state index in [4.69, 9.17) is 11.1 Å². The molecule has 184 valence electrons. The second-order valence-electron chi connectivity index (χ2n) is 8.36. The molecule has 0 spiro atoms. The maximum Gasteiger partial charge on any atom is 0.279 e. The summed E-state index contributed by atoms with van der Waals surface area (Å²) in [5.41, 5.74) is 6.88. The van der Waals surface area contributed by atoms with Crippen LogP contribution >= 0.6 is 24.8 Å². The molecule has 2 rings (SSSR count). The molecule has 2 aromatic heterocycles. The molecule has 2 aromatic rings. The number of hydrogen-bond donors (Lipinski definition) is 4. The van der Waals surface area contributed by atoms with Crippen molar-refractivity contribution >= 4 is 59.7 Å². The number of hydrogen-bond acceptors (Lipinski definition) is 5. The van der Waals surface area contributed by atoms with Gasteiger partial charge in [-0.25, -0.2) is 0 Å². The van der Waals surface area contributed by atoms with E-state index >= 15 is 0 Å². The first kappa shape index (κ1) is 30.0. The van der Waals surface area contributed by atoms with Crippen LogP contribution < -0.4 is 21.5 Å². The lowest BCUT2D eigenvalue weighted by Gasteiger charge is -2.22. The largest absolute Gasteiger partial charge is 0.857 e. The van der Waals surface area contributed by atoms with Crippen LogP contribution in [0.25, 0.3) is 0 Å². The molecule has 0 aliphatic rings. The Hall–Kier alpha value is -3.02. The van der Waals surface area contributed by atoms with Crippen molar-refractivity contribution in [3.05, 3.63) is 35.9 Å². The molecule has 11 nitrogen and oxygen atoms in total. The summed E-state index contributed by atoms with van der Waals surface area (Å²) in [6, 6.07) is 3.12. The van der Waals surface area contributed by atoms with Crippen molar-refractivity contribution < 1.29 is 19.2 Å². The van der Waals surface area contributed by atoms with Gasteiger partial charge in [-0.1, -0.05) is 0 Å². The zero-order valence-electron chi connectivity index (χ0n) is 19.3. The molecule has 2 heterocycles.